The molecule has 0 atom stereocenters. The van der Waals surface area contributed by atoms with E-state index >= 15 is 0 Å². The lowest BCUT2D eigenvalue weighted by atomic mass is 9.73. The maximum absolute atomic E-state index is 12.2. The predicted molar refractivity (Wildman–Crippen MR) is 74.0 cm³/mol. The highest BCUT2D eigenvalue weighted by Gasteiger charge is 2.46. The van der Waals surface area contributed by atoms with Crippen molar-refractivity contribution in [1.29, 1.82) is 0 Å². The molecule has 5 heteroatoms. The van der Waals surface area contributed by atoms with Crippen LogP contribution >= 0.6 is 0 Å². The second-order valence-corrected chi connectivity index (χ2v) is 6.25. The van der Waals surface area contributed by atoms with Crippen LogP contribution in [0.2, 0.25) is 0 Å². The van der Waals surface area contributed by atoms with Crippen LogP contribution in [0.15, 0.2) is 10.2 Å². The quantitative estimate of drug-likeness (QED) is 0.720. The number of ether oxygens (including phenoxy) is 1. The summed E-state index contributed by atoms with van der Waals surface area (Å²) in [6, 6.07) is 0. The summed E-state index contributed by atoms with van der Waals surface area (Å²) in [6.45, 7) is 3.49. The van der Waals surface area contributed by atoms with Gasteiger partial charge in [-0.25, -0.2) is 0 Å². The zero-order valence-electron chi connectivity index (χ0n) is 11.8. The highest BCUT2D eigenvalue weighted by molar-refractivity contribution is 5.77. The molecule has 0 radical (unpaired) electrons. The third-order valence-corrected chi connectivity index (χ3v) is 4.75. The van der Waals surface area contributed by atoms with Crippen molar-refractivity contribution < 1.29 is 9.53 Å². The van der Waals surface area contributed by atoms with Crippen LogP contribution < -0.4 is 0 Å². The fourth-order valence-electron chi connectivity index (χ4n) is 3.19. The molecule has 2 saturated heterocycles. The zero-order valence-corrected chi connectivity index (χ0v) is 11.8. The molecule has 0 unspecified atom stereocenters. The average molecular weight is 275 g/mol. The standard InChI is InChI=1S/C15H21N3O2/c1-2-3-5-15(16-17-15)6-4-13(19)18-11-14(12-18)7-9-20-10-8-14/h1H,3-12H2. The first-order chi connectivity index (χ1) is 9.67. The van der Waals surface area contributed by atoms with Crippen LogP contribution in [0, 0.1) is 17.8 Å². The van der Waals surface area contributed by atoms with Crippen LogP contribution in [0.5, 0.6) is 0 Å². The van der Waals surface area contributed by atoms with Gasteiger partial charge in [0.05, 0.1) is 0 Å². The topological polar surface area (TPSA) is 54.3 Å². The van der Waals surface area contributed by atoms with E-state index in [1.54, 1.807) is 0 Å². The van der Waals surface area contributed by atoms with Crippen molar-refractivity contribution in [3.63, 3.8) is 0 Å². The molecule has 0 aromatic carbocycles. The molecule has 1 amide bonds. The van der Waals surface area contributed by atoms with Gasteiger partial charge in [-0.3, -0.25) is 4.79 Å². The fourth-order valence-corrected chi connectivity index (χ4v) is 3.19. The van der Waals surface area contributed by atoms with E-state index in [1.165, 1.54) is 0 Å². The molecular weight excluding hydrogens is 254 g/mol. The van der Waals surface area contributed by atoms with Crippen molar-refractivity contribution in [2.45, 2.75) is 44.2 Å². The van der Waals surface area contributed by atoms with Crippen molar-refractivity contribution in [2.24, 2.45) is 15.6 Å². The first-order valence-corrected chi connectivity index (χ1v) is 7.40. The predicted octanol–water partition coefficient (Wildman–Crippen LogP) is 1.98. The van der Waals surface area contributed by atoms with Crippen molar-refractivity contribution >= 4 is 5.91 Å². The van der Waals surface area contributed by atoms with Gasteiger partial charge in [0.2, 0.25) is 5.91 Å². The van der Waals surface area contributed by atoms with Gasteiger partial charge < -0.3 is 9.64 Å². The Balaban J connectivity index is 1.40. The number of carbonyl (C=O) groups is 1. The largest absolute Gasteiger partial charge is 0.381 e. The van der Waals surface area contributed by atoms with Crippen LogP contribution in [0.25, 0.3) is 0 Å². The van der Waals surface area contributed by atoms with Gasteiger partial charge in [0.1, 0.15) is 0 Å². The number of rotatable bonds is 5. The maximum atomic E-state index is 12.2. The van der Waals surface area contributed by atoms with Crippen LogP contribution in [0.4, 0.5) is 0 Å². The minimum Gasteiger partial charge on any atom is -0.381 e. The minimum absolute atomic E-state index is 0.236. The van der Waals surface area contributed by atoms with E-state index in [9.17, 15) is 4.79 Å². The Kier molecular flexibility index (Phi) is 3.51. The number of likely N-dealkylation sites (tertiary alicyclic amines) is 1. The molecule has 108 valence electrons. The number of amides is 1. The fraction of sp³-hybridized carbons (Fsp3) is 0.800. The normalized spacial score (nSPS) is 25.1. The van der Waals surface area contributed by atoms with E-state index < -0.39 is 0 Å². The van der Waals surface area contributed by atoms with Crippen molar-refractivity contribution in [3.05, 3.63) is 0 Å². The summed E-state index contributed by atoms with van der Waals surface area (Å²) in [5.74, 6) is 2.84. The summed E-state index contributed by atoms with van der Waals surface area (Å²) in [7, 11) is 0. The Labute approximate surface area is 119 Å². The van der Waals surface area contributed by atoms with Gasteiger partial charge in [-0.1, -0.05) is 0 Å². The molecule has 0 aromatic rings. The Hall–Kier alpha value is -1.41. The Morgan fingerprint density at radius 2 is 1.95 bits per heavy atom. The molecular formula is C15H21N3O2. The van der Waals surface area contributed by atoms with Crippen LogP contribution in [0.3, 0.4) is 0 Å². The lowest BCUT2D eigenvalue weighted by Crippen LogP contribution is -2.60. The van der Waals surface area contributed by atoms with E-state index in [0.29, 0.717) is 24.7 Å². The van der Waals surface area contributed by atoms with Gasteiger partial charge >= 0.3 is 0 Å². The third-order valence-electron chi connectivity index (χ3n) is 4.75. The number of hydrogen-bond donors (Lipinski definition) is 0. The Morgan fingerprint density at radius 1 is 1.25 bits per heavy atom. The molecule has 2 fully saturated rings. The van der Waals surface area contributed by atoms with E-state index in [2.05, 4.69) is 16.1 Å². The molecule has 3 heterocycles. The van der Waals surface area contributed by atoms with Gasteiger partial charge in [0.15, 0.2) is 5.66 Å². The molecule has 0 aliphatic carbocycles. The molecule has 3 aliphatic rings. The van der Waals surface area contributed by atoms with Gasteiger partial charge in [-0.2, -0.15) is 10.2 Å². The minimum atomic E-state index is -0.330. The smallest absolute Gasteiger partial charge is 0.222 e. The summed E-state index contributed by atoms with van der Waals surface area (Å²) in [6.07, 6.45) is 10.1. The molecule has 20 heavy (non-hydrogen) atoms. The monoisotopic (exact) mass is 275 g/mol. The molecule has 0 bridgehead atoms. The van der Waals surface area contributed by atoms with E-state index in [1.807, 2.05) is 4.90 Å². The van der Waals surface area contributed by atoms with Crippen molar-refractivity contribution in [3.8, 4) is 12.3 Å². The summed E-state index contributed by atoms with van der Waals surface area (Å²) >= 11 is 0. The Morgan fingerprint density at radius 3 is 2.55 bits per heavy atom. The van der Waals surface area contributed by atoms with E-state index in [4.69, 9.17) is 11.2 Å². The first kappa shape index (κ1) is 13.6. The molecule has 1 spiro atoms. The molecule has 0 aromatic heterocycles. The van der Waals surface area contributed by atoms with Crippen LogP contribution in [-0.4, -0.2) is 42.8 Å². The first-order valence-electron chi connectivity index (χ1n) is 7.40. The van der Waals surface area contributed by atoms with E-state index in [0.717, 1.165) is 45.6 Å². The summed E-state index contributed by atoms with van der Waals surface area (Å²) in [4.78, 5) is 14.1. The van der Waals surface area contributed by atoms with Crippen molar-refractivity contribution in [1.82, 2.24) is 4.90 Å². The van der Waals surface area contributed by atoms with Crippen LogP contribution in [0.1, 0.15) is 38.5 Å². The second kappa shape index (κ2) is 5.17. The SMILES string of the molecule is C#CCCC1(CCC(=O)N2CC3(CCOCC3)C2)N=N1. The summed E-state index contributed by atoms with van der Waals surface area (Å²) in [5, 5.41) is 8.14. The van der Waals surface area contributed by atoms with Gasteiger partial charge in [-0.05, 0) is 12.8 Å². The molecule has 3 rings (SSSR count). The molecule has 0 saturated carbocycles. The lowest BCUT2D eigenvalue weighted by Gasteiger charge is -2.52. The maximum Gasteiger partial charge on any atom is 0.222 e. The third kappa shape index (κ3) is 2.71. The van der Waals surface area contributed by atoms with E-state index in [-0.39, 0.29) is 11.6 Å². The highest BCUT2D eigenvalue weighted by atomic mass is 16.5. The Bertz CT molecular complexity index is 446. The molecule has 3 aliphatic heterocycles. The summed E-state index contributed by atoms with van der Waals surface area (Å²) in [5.41, 5.74) is 0.0205. The van der Waals surface area contributed by atoms with Gasteiger partial charge in [0, 0.05) is 57.4 Å². The van der Waals surface area contributed by atoms with Crippen molar-refractivity contribution in [2.75, 3.05) is 26.3 Å². The number of carbonyl (C=O) groups excluding carboxylic acids is 1. The zero-order chi connectivity index (χ0) is 14.1. The summed E-state index contributed by atoms with van der Waals surface area (Å²) < 4.78 is 5.39. The number of hydrogen-bond acceptors (Lipinski definition) is 4. The molecule has 0 N–H and O–H groups in total. The van der Waals surface area contributed by atoms with Gasteiger partial charge in [0.25, 0.3) is 0 Å². The second-order valence-electron chi connectivity index (χ2n) is 6.25. The molecule has 5 nitrogen and oxygen atoms in total. The van der Waals surface area contributed by atoms with Crippen LogP contribution in [-0.2, 0) is 9.53 Å². The highest BCUT2D eigenvalue weighted by Crippen LogP contribution is 2.41. The average Bonchev–Trinajstić information content (AvgIpc) is 3.21. The lowest BCUT2D eigenvalue weighted by molar-refractivity contribution is -0.150. The van der Waals surface area contributed by atoms with Gasteiger partial charge in [-0.15, -0.1) is 12.3 Å². The number of terminal acetylenes is 1. The number of nitrogens with zero attached hydrogens (tertiary/aromatic N) is 3.